The summed E-state index contributed by atoms with van der Waals surface area (Å²) in [4.78, 5) is 39.0. The maximum atomic E-state index is 12.4. The lowest BCUT2D eigenvalue weighted by Gasteiger charge is -2.35. The number of esters is 1. The SMILES string of the molecule is C[C@H](OC(=O)C1CCN(C(=O)C(C)(C)C)CC1)C(=O)Nc1ccc2c(c1)OCO2. The Morgan fingerprint density at radius 1 is 1.14 bits per heavy atom. The molecule has 1 aromatic rings. The van der Waals surface area contributed by atoms with Gasteiger partial charge in [-0.05, 0) is 31.9 Å². The third kappa shape index (κ3) is 4.99. The predicted octanol–water partition coefficient (Wildman–Crippen LogP) is 2.57. The van der Waals surface area contributed by atoms with Gasteiger partial charge < -0.3 is 24.4 Å². The van der Waals surface area contributed by atoms with Crippen molar-refractivity contribution in [1.82, 2.24) is 4.90 Å². The zero-order chi connectivity index (χ0) is 21.2. The largest absolute Gasteiger partial charge is 0.454 e. The van der Waals surface area contributed by atoms with Crippen molar-refractivity contribution in [1.29, 1.82) is 0 Å². The van der Waals surface area contributed by atoms with E-state index in [1.807, 2.05) is 20.8 Å². The highest BCUT2D eigenvalue weighted by Gasteiger charge is 2.34. The lowest BCUT2D eigenvalue weighted by molar-refractivity contribution is -0.160. The molecule has 1 saturated heterocycles. The van der Waals surface area contributed by atoms with E-state index in [9.17, 15) is 14.4 Å². The molecule has 1 atom stereocenters. The van der Waals surface area contributed by atoms with E-state index >= 15 is 0 Å². The molecule has 0 aliphatic carbocycles. The van der Waals surface area contributed by atoms with Crippen molar-refractivity contribution < 1.29 is 28.6 Å². The first-order valence-corrected chi connectivity index (χ1v) is 9.85. The van der Waals surface area contributed by atoms with Gasteiger partial charge in [-0.3, -0.25) is 14.4 Å². The van der Waals surface area contributed by atoms with Gasteiger partial charge in [-0.1, -0.05) is 20.8 Å². The van der Waals surface area contributed by atoms with Gasteiger partial charge in [0.1, 0.15) is 0 Å². The second kappa shape index (κ2) is 8.31. The molecule has 1 aromatic carbocycles. The van der Waals surface area contributed by atoms with Gasteiger partial charge in [0.15, 0.2) is 17.6 Å². The number of nitrogens with one attached hydrogen (secondary N) is 1. The van der Waals surface area contributed by atoms with Crippen LogP contribution in [0.2, 0.25) is 0 Å². The van der Waals surface area contributed by atoms with E-state index in [1.54, 1.807) is 30.0 Å². The first kappa shape index (κ1) is 21.0. The van der Waals surface area contributed by atoms with E-state index in [0.717, 1.165) is 0 Å². The van der Waals surface area contributed by atoms with Crippen LogP contribution in [0, 0.1) is 11.3 Å². The molecule has 0 radical (unpaired) electrons. The number of rotatable bonds is 4. The van der Waals surface area contributed by atoms with Gasteiger partial charge in [0.05, 0.1) is 5.92 Å². The van der Waals surface area contributed by atoms with Gasteiger partial charge in [-0.2, -0.15) is 0 Å². The molecule has 0 aromatic heterocycles. The summed E-state index contributed by atoms with van der Waals surface area (Å²) in [6.07, 6.45) is 0.149. The van der Waals surface area contributed by atoms with E-state index < -0.39 is 23.4 Å². The van der Waals surface area contributed by atoms with Crippen molar-refractivity contribution in [3.63, 3.8) is 0 Å². The molecular formula is C21H28N2O6. The second-order valence-electron chi connectivity index (χ2n) is 8.45. The molecule has 2 aliphatic heterocycles. The molecule has 0 saturated carbocycles. The summed E-state index contributed by atoms with van der Waals surface area (Å²) < 4.78 is 15.9. The monoisotopic (exact) mass is 404 g/mol. The number of likely N-dealkylation sites (tertiary alicyclic amines) is 1. The summed E-state index contributed by atoms with van der Waals surface area (Å²) in [7, 11) is 0. The summed E-state index contributed by atoms with van der Waals surface area (Å²) in [5, 5.41) is 2.71. The summed E-state index contributed by atoms with van der Waals surface area (Å²) in [5.74, 6) is 0.141. The summed E-state index contributed by atoms with van der Waals surface area (Å²) in [6.45, 7) is 8.39. The Balaban J connectivity index is 1.48. The Hall–Kier alpha value is -2.77. The number of carbonyl (C=O) groups excluding carboxylic acids is 3. The lowest BCUT2D eigenvalue weighted by atomic mass is 9.91. The highest BCUT2D eigenvalue weighted by Crippen LogP contribution is 2.34. The second-order valence-corrected chi connectivity index (χ2v) is 8.45. The number of hydrogen-bond donors (Lipinski definition) is 1. The minimum absolute atomic E-state index is 0.0841. The Bertz CT molecular complexity index is 793. The number of amides is 2. The molecule has 0 spiro atoms. The zero-order valence-corrected chi connectivity index (χ0v) is 17.3. The molecule has 1 fully saturated rings. The van der Waals surface area contributed by atoms with Gasteiger partial charge >= 0.3 is 5.97 Å². The molecular weight excluding hydrogens is 376 g/mol. The molecule has 3 rings (SSSR count). The van der Waals surface area contributed by atoms with E-state index in [0.29, 0.717) is 43.1 Å². The standard InChI is InChI=1S/C21H28N2O6/c1-13(18(24)22-15-5-6-16-17(11-15)28-12-27-16)29-19(25)14-7-9-23(10-8-14)20(26)21(2,3)4/h5-6,11,13-14H,7-10,12H2,1-4H3,(H,22,24)/t13-/m0/s1. The van der Waals surface area contributed by atoms with Crippen LogP contribution >= 0.6 is 0 Å². The van der Waals surface area contributed by atoms with Crippen LogP contribution in [0.25, 0.3) is 0 Å². The topological polar surface area (TPSA) is 94.2 Å². The Labute approximate surface area is 170 Å². The van der Waals surface area contributed by atoms with Crippen LogP contribution in [-0.4, -0.2) is 48.7 Å². The van der Waals surface area contributed by atoms with Crippen molar-refractivity contribution in [2.45, 2.75) is 46.6 Å². The van der Waals surface area contributed by atoms with Crippen molar-refractivity contribution in [3.8, 4) is 11.5 Å². The zero-order valence-electron chi connectivity index (χ0n) is 17.3. The quantitative estimate of drug-likeness (QED) is 0.775. The van der Waals surface area contributed by atoms with Crippen molar-refractivity contribution in [2.75, 3.05) is 25.2 Å². The average molecular weight is 404 g/mol. The number of benzene rings is 1. The molecule has 0 unspecified atom stereocenters. The molecule has 1 N–H and O–H groups in total. The van der Waals surface area contributed by atoms with Gasteiger partial charge in [0.25, 0.3) is 5.91 Å². The van der Waals surface area contributed by atoms with Crippen LogP contribution in [0.5, 0.6) is 11.5 Å². The normalized spacial score (nSPS) is 17.6. The number of hydrogen-bond acceptors (Lipinski definition) is 6. The molecule has 158 valence electrons. The van der Waals surface area contributed by atoms with Crippen LogP contribution in [0.15, 0.2) is 18.2 Å². The van der Waals surface area contributed by atoms with Crippen LogP contribution in [0.4, 0.5) is 5.69 Å². The van der Waals surface area contributed by atoms with Crippen molar-refractivity contribution >= 4 is 23.5 Å². The average Bonchev–Trinajstić information content (AvgIpc) is 3.14. The first-order chi connectivity index (χ1) is 13.6. The fourth-order valence-corrected chi connectivity index (χ4v) is 3.33. The van der Waals surface area contributed by atoms with Gasteiger partial charge in [0.2, 0.25) is 12.7 Å². The number of anilines is 1. The Morgan fingerprint density at radius 3 is 2.45 bits per heavy atom. The van der Waals surface area contributed by atoms with E-state index in [-0.39, 0.29) is 18.6 Å². The fraction of sp³-hybridized carbons (Fsp3) is 0.571. The molecule has 29 heavy (non-hydrogen) atoms. The van der Waals surface area contributed by atoms with E-state index in [4.69, 9.17) is 14.2 Å². The number of piperidine rings is 1. The summed E-state index contributed by atoms with van der Waals surface area (Å²) in [6, 6.07) is 5.07. The lowest BCUT2D eigenvalue weighted by Crippen LogP contribution is -2.45. The highest BCUT2D eigenvalue weighted by atomic mass is 16.7. The minimum atomic E-state index is -0.929. The van der Waals surface area contributed by atoms with Crippen LogP contribution in [0.3, 0.4) is 0 Å². The minimum Gasteiger partial charge on any atom is -0.454 e. The fourth-order valence-electron chi connectivity index (χ4n) is 3.33. The molecule has 8 heteroatoms. The van der Waals surface area contributed by atoms with Gasteiger partial charge in [0, 0.05) is 30.3 Å². The number of nitrogens with zero attached hydrogens (tertiary/aromatic N) is 1. The third-order valence-corrected chi connectivity index (χ3v) is 5.06. The van der Waals surface area contributed by atoms with Gasteiger partial charge in [-0.25, -0.2) is 0 Å². The van der Waals surface area contributed by atoms with E-state index in [1.165, 1.54) is 0 Å². The maximum absolute atomic E-state index is 12.4. The smallest absolute Gasteiger partial charge is 0.309 e. The van der Waals surface area contributed by atoms with Gasteiger partial charge in [-0.15, -0.1) is 0 Å². The molecule has 2 heterocycles. The van der Waals surface area contributed by atoms with Crippen LogP contribution in [-0.2, 0) is 19.1 Å². The van der Waals surface area contributed by atoms with Crippen LogP contribution < -0.4 is 14.8 Å². The highest BCUT2D eigenvalue weighted by molar-refractivity contribution is 5.95. The molecule has 0 bridgehead atoms. The van der Waals surface area contributed by atoms with Crippen molar-refractivity contribution in [3.05, 3.63) is 18.2 Å². The third-order valence-electron chi connectivity index (χ3n) is 5.06. The molecule has 2 amide bonds. The number of carbonyl (C=O) groups is 3. The summed E-state index contributed by atoms with van der Waals surface area (Å²) in [5.41, 5.74) is 0.102. The first-order valence-electron chi connectivity index (χ1n) is 9.85. The Kier molecular flexibility index (Phi) is 6.00. The number of ether oxygens (including phenoxy) is 3. The predicted molar refractivity (Wildman–Crippen MR) is 106 cm³/mol. The van der Waals surface area contributed by atoms with Crippen LogP contribution in [0.1, 0.15) is 40.5 Å². The molecule has 8 nitrogen and oxygen atoms in total. The maximum Gasteiger partial charge on any atom is 0.309 e. The number of fused-ring (bicyclic) bond motifs is 1. The van der Waals surface area contributed by atoms with E-state index in [2.05, 4.69) is 5.32 Å². The molecule has 2 aliphatic rings. The Morgan fingerprint density at radius 2 is 1.79 bits per heavy atom. The summed E-state index contributed by atoms with van der Waals surface area (Å²) >= 11 is 0. The van der Waals surface area contributed by atoms with Crippen molar-refractivity contribution in [2.24, 2.45) is 11.3 Å².